The normalized spacial score (nSPS) is 10.6. The van der Waals surface area contributed by atoms with Crippen molar-refractivity contribution in [2.24, 2.45) is 0 Å². The standard InChI is InChI=1S/C14H13N5OS/c1-8-18-19-14(21-8)17-13(20)12-7-11(15-2)9-5-3-4-6-10(9)16-12/h3-7H,1-2H3,(H,15,16)(H,17,19,20). The van der Waals surface area contributed by atoms with Gasteiger partial charge >= 0.3 is 0 Å². The second-order valence-corrected chi connectivity index (χ2v) is 5.58. The fraction of sp³-hybridized carbons (Fsp3) is 0.143. The summed E-state index contributed by atoms with van der Waals surface area (Å²) >= 11 is 1.33. The van der Waals surface area contributed by atoms with Crippen molar-refractivity contribution in [3.05, 3.63) is 41.0 Å². The van der Waals surface area contributed by atoms with Crippen LogP contribution >= 0.6 is 11.3 Å². The SMILES string of the molecule is CNc1cc(C(=O)Nc2nnc(C)s2)nc2ccccc12. The summed E-state index contributed by atoms with van der Waals surface area (Å²) in [7, 11) is 1.82. The summed E-state index contributed by atoms with van der Waals surface area (Å²) in [5.41, 5.74) is 1.97. The molecule has 0 atom stereocenters. The lowest BCUT2D eigenvalue weighted by molar-refractivity contribution is 0.102. The first-order valence-corrected chi connectivity index (χ1v) is 7.18. The number of aromatic nitrogens is 3. The van der Waals surface area contributed by atoms with Gasteiger partial charge in [0.15, 0.2) is 0 Å². The fourth-order valence-corrected chi connectivity index (χ4v) is 2.59. The van der Waals surface area contributed by atoms with Gasteiger partial charge in [-0.2, -0.15) is 0 Å². The Balaban J connectivity index is 1.98. The van der Waals surface area contributed by atoms with Gasteiger partial charge in [0.25, 0.3) is 5.91 Å². The summed E-state index contributed by atoms with van der Waals surface area (Å²) in [5, 5.41) is 15.8. The van der Waals surface area contributed by atoms with Crippen LogP contribution in [0.15, 0.2) is 30.3 Å². The van der Waals surface area contributed by atoms with Gasteiger partial charge in [0.2, 0.25) is 5.13 Å². The molecule has 1 amide bonds. The number of fused-ring (bicyclic) bond motifs is 1. The number of amides is 1. The number of nitrogens with zero attached hydrogens (tertiary/aromatic N) is 3. The van der Waals surface area contributed by atoms with E-state index in [9.17, 15) is 4.79 Å². The summed E-state index contributed by atoms with van der Waals surface area (Å²) in [6, 6.07) is 9.40. The minimum atomic E-state index is -0.298. The van der Waals surface area contributed by atoms with Crippen LogP contribution in [0.2, 0.25) is 0 Å². The number of para-hydroxylation sites is 1. The summed E-state index contributed by atoms with van der Waals surface area (Å²) < 4.78 is 0. The van der Waals surface area contributed by atoms with Crippen molar-refractivity contribution in [1.29, 1.82) is 0 Å². The molecule has 0 spiro atoms. The number of hydrogen-bond acceptors (Lipinski definition) is 6. The second-order valence-electron chi connectivity index (χ2n) is 4.40. The van der Waals surface area contributed by atoms with Crippen LogP contribution in [0.1, 0.15) is 15.5 Å². The predicted octanol–water partition coefficient (Wildman–Crippen LogP) is 2.69. The van der Waals surface area contributed by atoms with Gasteiger partial charge in [0, 0.05) is 18.1 Å². The van der Waals surface area contributed by atoms with Crippen molar-refractivity contribution < 1.29 is 4.79 Å². The summed E-state index contributed by atoms with van der Waals surface area (Å²) in [5.74, 6) is -0.298. The highest BCUT2D eigenvalue weighted by atomic mass is 32.1. The molecular weight excluding hydrogens is 286 g/mol. The van der Waals surface area contributed by atoms with Crippen LogP contribution in [0, 0.1) is 6.92 Å². The van der Waals surface area contributed by atoms with Crippen LogP contribution in [0.25, 0.3) is 10.9 Å². The molecular formula is C14H13N5OS. The van der Waals surface area contributed by atoms with E-state index >= 15 is 0 Å². The number of nitrogens with one attached hydrogen (secondary N) is 2. The van der Waals surface area contributed by atoms with Gasteiger partial charge in [-0.05, 0) is 19.1 Å². The van der Waals surface area contributed by atoms with Crippen LogP contribution in [-0.2, 0) is 0 Å². The molecule has 3 rings (SSSR count). The maximum Gasteiger partial charge on any atom is 0.276 e. The molecule has 2 N–H and O–H groups in total. The monoisotopic (exact) mass is 299 g/mol. The van der Waals surface area contributed by atoms with Crippen LogP contribution < -0.4 is 10.6 Å². The van der Waals surface area contributed by atoms with Gasteiger partial charge in [-0.15, -0.1) is 10.2 Å². The van der Waals surface area contributed by atoms with E-state index in [1.54, 1.807) is 6.07 Å². The molecule has 7 heteroatoms. The number of anilines is 2. The van der Waals surface area contributed by atoms with E-state index in [1.807, 2.05) is 38.2 Å². The topological polar surface area (TPSA) is 79.8 Å². The second kappa shape index (κ2) is 5.45. The molecule has 0 aliphatic rings. The van der Waals surface area contributed by atoms with E-state index in [-0.39, 0.29) is 5.91 Å². The molecule has 0 aliphatic heterocycles. The highest BCUT2D eigenvalue weighted by molar-refractivity contribution is 7.15. The molecule has 0 radical (unpaired) electrons. The molecule has 6 nitrogen and oxygen atoms in total. The first-order chi connectivity index (χ1) is 10.2. The van der Waals surface area contributed by atoms with Gasteiger partial charge in [0.05, 0.1) is 5.52 Å². The summed E-state index contributed by atoms with van der Waals surface area (Å²) in [6.07, 6.45) is 0. The molecule has 2 aromatic heterocycles. The lowest BCUT2D eigenvalue weighted by atomic mass is 10.1. The van der Waals surface area contributed by atoms with Crippen LogP contribution in [0.5, 0.6) is 0 Å². The summed E-state index contributed by atoms with van der Waals surface area (Å²) in [6.45, 7) is 1.83. The fourth-order valence-electron chi connectivity index (χ4n) is 2.01. The third-order valence-electron chi connectivity index (χ3n) is 2.96. The average molecular weight is 299 g/mol. The Morgan fingerprint density at radius 3 is 2.76 bits per heavy atom. The third-order valence-corrected chi connectivity index (χ3v) is 3.72. The van der Waals surface area contributed by atoms with Crippen molar-refractivity contribution in [3.8, 4) is 0 Å². The van der Waals surface area contributed by atoms with Crippen LogP contribution in [0.4, 0.5) is 10.8 Å². The lowest BCUT2D eigenvalue weighted by Gasteiger charge is -2.08. The quantitative estimate of drug-likeness (QED) is 0.777. The molecule has 0 unspecified atom stereocenters. The van der Waals surface area contributed by atoms with Gasteiger partial charge in [-0.1, -0.05) is 29.5 Å². The Kier molecular flexibility index (Phi) is 3.49. The van der Waals surface area contributed by atoms with Crippen molar-refractivity contribution >= 4 is 39.0 Å². The summed E-state index contributed by atoms with van der Waals surface area (Å²) in [4.78, 5) is 16.7. The molecule has 0 saturated carbocycles. The molecule has 21 heavy (non-hydrogen) atoms. The number of carbonyl (C=O) groups excluding carboxylic acids is 1. The molecule has 3 aromatic rings. The van der Waals surface area contributed by atoms with Gasteiger partial charge < -0.3 is 5.32 Å². The number of hydrogen-bond donors (Lipinski definition) is 2. The van der Waals surface area contributed by atoms with Crippen LogP contribution in [0.3, 0.4) is 0 Å². The van der Waals surface area contributed by atoms with Crippen molar-refractivity contribution in [1.82, 2.24) is 15.2 Å². The van der Waals surface area contributed by atoms with E-state index in [4.69, 9.17) is 0 Å². The van der Waals surface area contributed by atoms with E-state index < -0.39 is 0 Å². The Bertz CT molecular complexity index is 814. The van der Waals surface area contributed by atoms with E-state index in [2.05, 4.69) is 25.8 Å². The van der Waals surface area contributed by atoms with Gasteiger partial charge in [-0.25, -0.2) is 4.98 Å². The third kappa shape index (κ3) is 2.68. The highest BCUT2D eigenvalue weighted by Crippen LogP contribution is 2.23. The Hall–Kier alpha value is -2.54. The molecule has 0 saturated heterocycles. The first kappa shape index (κ1) is 13.4. The number of carbonyl (C=O) groups is 1. The molecule has 106 valence electrons. The highest BCUT2D eigenvalue weighted by Gasteiger charge is 2.13. The molecule has 0 aliphatic carbocycles. The zero-order valence-electron chi connectivity index (χ0n) is 11.5. The first-order valence-electron chi connectivity index (χ1n) is 6.36. The maximum atomic E-state index is 12.3. The number of pyridine rings is 1. The van der Waals surface area contributed by atoms with Crippen molar-refractivity contribution in [3.63, 3.8) is 0 Å². The lowest BCUT2D eigenvalue weighted by Crippen LogP contribution is -2.14. The minimum Gasteiger partial charge on any atom is -0.388 e. The zero-order chi connectivity index (χ0) is 14.8. The van der Waals surface area contributed by atoms with E-state index in [0.717, 1.165) is 21.6 Å². The largest absolute Gasteiger partial charge is 0.388 e. The van der Waals surface area contributed by atoms with Crippen molar-refractivity contribution in [2.45, 2.75) is 6.92 Å². The Labute approximate surface area is 125 Å². The van der Waals surface area contributed by atoms with Crippen molar-refractivity contribution in [2.75, 3.05) is 17.7 Å². The molecule has 2 heterocycles. The van der Waals surface area contributed by atoms with Crippen LogP contribution in [-0.4, -0.2) is 28.1 Å². The number of rotatable bonds is 3. The smallest absolute Gasteiger partial charge is 0.276 e. The minimum absolute atomic E-state index is 0.298. The maximum absolute atomic E-state index is 12.3. The average Bonchev–Trinajstić information content (AvgIpc) is 2.91. The zero-order valence-corrected chi connectivity index (χ0v) is 12.4. The Morgan fingerprint density at radius 2 is 2.05 bits per heavy atom. The van der Waals surface area contributed by atoms with Gasteiger partial charge in [0.1, 0.15) is 10.7 Å². The molecule has 0 fully saturated rings. The molecule has 0 bridgehead atoms. The van der Waals surface area contributed by atoms with Gasteiger partial charge in [-0.3, -0.25) is 10.1 Å². The Morgan fingerprint density at radius 1 is 1.24 bits per heavy atom. The number of aryl methyl sites for hydroxylation is 1. The predicted molar refractivity (Wildman–Crippen MR) is 83.9 cm³/mol. The van der Waals surface area contributed by atoms with E-state index in [1.165, 1.54) is 11.3 Å². The van der Waals surface area contributed by atoms with E-state index in [0.29, 0.717) is 10.8 Å². The molecule has 1 aromatic carbocycles. The number of benzene rings is 1.